The molecule has 248 valence electrons. The number of likely N-dealkylation sites (tertiary alicyclic amines) is 1. The second-order valence-electron chi connectivity index (χ2n) is 13.1. The van der Waals surface area contributed by atoms with Crippen molar-refractivity contribution in [2.24, 2.45) is 11.3 Å². The van der Waals surface area contributed by atoms with Gasteiger partial charge in [-0.2, -0.15) is 0 Å². The molecule has 2 aliphatic rings. The molecular formula is C39H64N2O3. The SMILES string of the molecule is C=CC(=O)N1CC(CCC)C1.CC.CCCC=O.CCCCC(C)(C)Cc1c(C2CC2)n(CC=O)c2c(C)cc(CC)cc12. The Kier molecular flexibility index (Phi) is 18.2. The summed E-state index contributed by atoms with van der Waals surface area (Å²) in [5.74, 6) is 1.49. The van der Waals surface area contributed by atoms with Crippen LogP contribution >= 0.6 is 0 Å². The van der Waals surface area contributed by atoms with Crippen molar-refractivity contribution in [2.45, 2.75) is 145 Å². The first-order chi connectivity index (χ1) is 21.1. The number of benzene rings is 1. The molecule has 0 spiro atoms. The maximum absolute atomic E-state index is 11.5. The maximum atomic E-state index is 11.5. The van der Waals surface area contributed by atoms with Crippen LogP contribution in [0.3, 0.4) is 0 Å². The highest BCUT2D eigenvalue weighted by Crippen LogP contribution is 2.47. The van der Waals surface area contributed by atoms with Crippen molar-refractivity contribution in [3.63, 3.8) is 0 Å². The summed E-state index contributed by atoms with van der Waals surface area (Å²) in [5, 5.41) is 1.41. The number of aryl methyl sites for hydroxylation is 2. The van der Waals surface area contributed by atoms with Crippen LogP contribution in [0, 0.1) is 18.3 Å². The number of carbonyl (C=O) groups excluding carboxylic acids is 3. The molecule has 0 unspecified atom stereocenters. The number of nitrogens with zero attached hydrogens (tertiary/aromatic N) is 2. The van der Waals surface area contributed by atoms with Gasteiger partial charge in [-0.1, -0.05) is 87.3 Å². The van der Waals surface area contributed by atoms with Crippen LogP contribution in [0.1, 0.15) is 141 Å². The Balaban J connectivity index is 0.000000443. The predicted octanol–water partition coefficient (Wildman–Crippen LogP) is 9.79. The van der Waals surface area contributed by atoms with Gasteiger partial charge in [0.25, 0.3) is 0 Å². The van der Waals surface area contributed by atoms with Gasteiger partial charge in [0, 0.05) is 30.6 Å². The molecule has 0 atom stereocenters. The van der Waals surface area contributed by atoms with E-state index >= 15 is 0 Å². The molecule has 0 radical (unpaired) electrons. The van der Waals surface area contributed by atoms with Gasteiger partial charge in [-0.15, -0.1) is 0 Å². The summed E-state index contributed by atoms with van der Waals surface area (Å²) < 4.78 is 2.35. The molecule has 1 aromatic heterocycles. The second-order valence-corrected chi connectivity index (χ2v) is 13.1. The van der Waals surface area contributed by atoms with E-state index in [0.29, 0.717) is 24.3 Å². The highest BCUT2D eigenvalue weighted by atomic mass is 16.2. The zero-order chi connectivity index (χ0) is 33.3. The van der Waals surface area contributed by atoms with Gasteiger partial charge in [0.05, 0.1) is 12.1 Å². The largest absolute Gasteiger partial charge is 0.338 e. The Hall–Kier alpha value is -2.69. The maximum Gasteiger partial charge on any atom is 0.245 e. The van der Waals surface area contributed by atoms with Crippen molar-refractivity contribution in [3.05, 3.63) is 47.2 Å². The van der Waals surface area contributed by atoms with Crippen LogP contribution in [0.2, 0.25) is 0 Å². The molecule has 44 heavy (non-hydrogen) atoms. The van der Waals surface area contributed by atoms with Crippen LogP contribution in [0.25, 0.3) is 10.9 Å². The van der Waals surface area contributed by atoms with E-state index in [9.17, 15) is 14.4 Å². The zero-order valence-corrected chi connectivity index (χ0v) is 29.8. The van der Waals surface area contributed by atoms with E-state index in [-0.39, 0.29) is 5.91 Å². The summed E-state index contributed by atoms with van der Waals surface area (Å²) in [6.45, 7) is 25.5. The molecule has 1 saturated carbocycles. The molecule has 5 nitrogen and oxygen atoms in total. The summed E-state index contributed by atoms with van der Waals surface area (Å²) in [5.41, 5.74) is 7.33. The molecule has 1 aromatic carbocycles. The van der Waals surface area contributed by atoms with Crippen LogP contribution in [-0.2, 0) is 33.8 Å². The predicted molar refractivity (Wildman–Crippen MR) is 189 cm³/mol. The van der Waals surface area contributed by atoms with Gasteiger partial charge in [0.15, 0.2) is 0 Å². The second kappa shape index (κ2) is 20.4. The third-order valence-corrected chi connectivity index (χ3v) is 8.59. The Bertz CT molecular complexity index is 1170. The number of unbranched alkanes of at least 4 members (excludes halogenated alkanes) is 2. The van der Waals surface area contributed by atoms with Crippen molar-refractivity contribution >= 4 is 29.4 Å². The molecule has 5 heteroatoms. The molecule has 2 aromatic rings. The lowest BCUT2D eigenvalue weighted by Gasteiger charge is -2.38. The quantitative estimate of drug-likeness (QED) is 0.158. The fourth-order valence-electron chi connectivity index (χ4n) is 6.15. The van der Waals surface area contributed by atoms with E-state index in [4.69, 9.17) is 0 Å². The molecule has 2 heterocycles. The minimum Gasteiger partial charge on any atom is -0.338 e. The summed E-state index contributed by atoms with van der Waals surface area (Å²) in [7, 11) is 0. The van der Waals surface area contributed by atoms with E-state index in [1.807, 2.05) is 25.7 Å². The number of carbonyl (C=O) groups is 3. The van der Waals surface area contributed by atoms with E-state index in [2.05, 4.69) is 64.8 Å². The number of aldehydes is 2. The average molecular weight is 609 g/mol. The summed E-state index contributed by atoms with van der Waals surface area (Å²) in [4.78, 5) is 33.7. The molecule has 2 fully saturated rings. The summed E-state index contributed by atoms with van der Waals surface area (Å²) in [6, 6.07) is 4.72. The van der Waals surface area contributed by atoms with Gasteiger partial charge in [-0.25, -0.2) is 0 Å². The fraction of sp³-hybridized carbons (Fsp3) is 0.667. The van der Waals surface area contributed by atoms with Gasteiger partial charge in [0.1, 0.15) is 12.6 Å². The van der Waals surface area contributed by atoms with Crippen molar-refractivity contribution in [1.82, 2.24) is 9.47 Å². The monoisotopic (exact) mass is 608 g/mol. The fourth-order valence-corrected chi connectivity index (χ4v) is 6.15. The summed E-state index contributed by atoms with van der Waals surface area (Å²) in [6.07, 6.45) is 16.1. The molecule has 0 N–H and O–H groups in total. The minimum atomic E-state index is 0.0809. The van der Waals surface area contributed by atoms with E-state index < -0.39 is 0 Å². The van der Waals surface area contributed by atoms with Gasteiger partial charge in [-0.05, 0) is 98.0 Å². The normalized spacial score (nSPS) is 14.2. The molecule has 4 rings (SSSR count). The van der Waals surface area contributed by atoms with Crippen LogP contribution in [0.15, 0.2) is 24.8 Å². The number of hydrogen-bond donors (Lipinski definition) is 0. The van der Waals surface area contributed by atoms with Crippen molar-refractivity contribution in [1.29, 1.82) is 0 Å². The molecule has 0 bridgehead atoms. The van der Waals surface area contributed by atoms with Crippen LogP contribution in [-0.4, -0.2) is 41.0 Å². The first-order valence-corrected chi connectivity index (χ1v) is 17.5. The van der Waals surface area contributed by atoms with Gasteiger partial charge in [0.2, 0.25) is 5.91 Å². The molecule has 1 aliphatic carbocycles. The Morgan fingerprint density at radius 3 is 2.11 bits per heavy atom. The standard InChI is InChI=1S/C24H35NO.C9H15NO.C4H8O.C2H6/c1-6-8-11-24(4,5)16-21-20-15-18(7-2)14-17(3)22(20)25(12-13-26)23(21)19-9-10-19;1-3-5-8-6-10(7-8)9(11)4-2;1-2-3-4-5;1-2/h13-15,19H,6-12,16H2,1-5H3;4,8H,2-3,5-7H2,1H3;4H,2-3H2,1H3;1-2H3. The van der Waals surface area contributed by atoms with Gasteiger partial charge in [-0.3, -0.25) is 4.79 Å². The first kappa shape index (κ1) is 39.3. The Morgan fingerprint density at radius 1 is 1.00 bits per heavy atom. The zero-order valence-electron chi connectivity index (χ0n) is 29.8. The molecule has 1 aliphatic heterocycles. The smallest absolute Gasteiger partial charge is 0.245 e. The highest BCUT2D eigenvalue weighted by molar-refractivity contribution is 5.90. The number of rotatable bonds is 14. The number of amides is 1. The van der Waals surface area contributed by atoms with Crippen molar-refractivity contribution < 1.29 is 14.4 Å². The first-order valence-electron chi connectivity index (χ1n) is 17.5. The number of hydrogen-bond acceptors (Lipinski definition) is 3. The Labute approximate surface area is 269 Å². The van der Waals surface area contributed by atoms with E-state index in [1.54, 1.807) is 0 Å². The number of aromatic nitrogens is 1. The van der Waals surface area contributed by atoms with E-state index in [1.165, 1.54) is 84.3 Å². The minimum absolute atomic E-state index is 0.0809. The molecule has 1 amide bonds. The van der Waals surface area contributed by atoms with Gasteiger partial charge >= 0.3 is 0 Å². The van der Waals surface area contributed by atoms with Gasteiger partial charge < -0.3 is 19.1 Å². The van der Waals surface area contributed by atoms with Crippen LogP contribution < -0.4 is 0 Å². The lowest BCUT2D eigenvalue weighted by Crippen LogP contribution is -2.49. The van der Waals surface area contributed by atoms with E-state index in [0.717, 1.165) is 50.8 Å². The topological polar surface area (TPSA) is 59.4 Å². The lowest BCUT2D eigenvalue weighted by molar-refractivity contribution is -0.132. The highest BCUT2D eigenvalue weighted by Gasteiger charge is 2.34. The van der Waals surface area contributed by atoms with Crippen LogP contribution in [0.5, 0.6) is 0 Å². The third-order valence-electron chi connectivity index (χ3n) is 8.59. The third kappa shape index (κ3) is 11.7. The number of fused-ring (bicyclic) bond motifs is 1. The molecular weight excluding hydrogens is 544 g/mol. The Morgan fingerprint density at radius 2 is 1.66 bits per heavy atom. The van der Waals surface area contributed by atoms with Crippen LogP contribution in [0.4, 0.5) is 0 Å². The average Bonchev–Trinajstić information content (AvgIpc) is 3.79. The summed E-state index contributed by atoms with van der Waals surface area (Å²) >= 11 is 0. The molecule has 1 saturated heterocycles. The lowest BCUT2D eigenvalue weighted by atomic mass is 9.80. The van der Waals surface area contributed by atoms with Crippen molar-refractivity contribution in [2.75, 3.05) is 13.1 Å². The van der Waals surface area contributed by atoms with Crippen molar-refractivity contribution in [3.8, 4) is 0 Å².